The molecule has 5 nitrogen and oxygen atoms in total. The number of carbonyl (C=O) groups is 1. The van der Waals surface area contributed by atoms with Gasteiger partial charge < -0.3 is 9.30 Å². The fourth-order valence-electron chi connectivity index (χ4n) is 3.01. The molecule has 0 bridgehead atoms. The highest BCUT2D eigenvalue weighted by molar-refractivity contribution is 5.99. The molecular weight excluding hydrogens is 264 g/mol. The van der Waals surface area contributed by atoms with Crippen LogP contribution in [0, 0.1) is 0 Å². The first kappa shape index (κ1) is 14.1. The van der Waals surface area contributed by atoms with Gasteiger partial charge >= 0.3 is 0 Å². The van der Waals surface area contributed by atoms with E-state index in [1.165, 1.54) is 6.42 Å². The molecule has 2 aromatic heterocycles. The number of hydrogen-bond donors (Lipinski definition) is 0. The fourth-order valence-corrected chi connectivity index (χ4v) is 3.01. The highest BCUT2D eigenvalue weighted by atomic mass is 16.2. The van der Waals surface area contributed by atoms with Crippen molar-refractivity contribution < 1.29 is 4.79 Å². The zero-order valence-corrected chi connectivity index (χ0v) is 12.9. The van der Waals surface area contributed by atoms with Crippen molar-refractivity contribution in [2.45, 2.75) is 25.8 Å². The lowest BCUT2D eigenvalue weighted by atomic mass is 10.2. The Bertz CT molecular complexity index is 663. The van der Waals surface area contributed by atoms with Crippen LogP contribution in [0.4, 0.5) is 0 Å². The molecule has 1 atom stereocenters. The van der Waals surface area contributed by atoms with Gasteiger partial charge in [0.15, 0.2) is 5.69 Å². The Balaban J connectivity index is 2.12. The SMILES string of the molecule is CCN(C)C(=O)c1nc(C2CCCN2C)n2ccccc12. The largest absolute Gasteiger partial charge is 0.341 e. The highest BCUT2D eigenvalue weighted by Crippen LogP contribution is 2.31. The minimum Gasteiger partial charge on any atom is -0.341 e. The average Bonchev–Trinajstić information content (AvgIpc) is 3.09. The highest BCUT2D eigenvalue weighted by Gasteiger charge is 2.29. The Labute approximate surface area is 125 Å². The third-order valence-electron chi connectivity index (χ3n) is 4.42. The first-order valence-corrected chi connectivity index (χ1v) is 7.56. The van der Waals surface area contributed by atoms with Crippen LogP contribution in [0.25, 0.3) is 5.52 Å². The number of imidazole rings is 1. The van der Waals surface area contributed by atoms with Crippen LogP contribution in [0.3, 0.4) is 0 Å². The summed E-state index contributed by atoms with van der Waals surface area (Å²) >= 11 is 0. The van der Waals surface area contributed by atoms with Gasteiger partial charge in [-0.1, -0.05) is 6.07 Å². The molecule has 0 aliphatic carbocycles. The number of nitrogens with zero attached hydrogens (tertiary/aromatic N) is 4. The van der Waals surface area contributed by atoms with Crippen LogP contribution in [0.2, 0.25) is 0 Å². The van der Waals surface area contributed by atoms with Crippen LogP contribution in [0.1, 0.15) is 42.1 Å². The predicted molar refractivity (Wildman–Crippen MR) is 82.4 cm³/mol. The molecule has 1 fully saturated rings. The maximum absolute atomic E-state index is 12.5. The summed E-state index contributed by atoms with van der Waals surface area (Å²) in [6, 6.07) is 6.23. The van der Waals surface area contributed by atoms with E-state index < -0.39 is 0 Å². The summed E-state index contributed by atoms with van der Waals surface area (Å²) in [6.45, 7) is 3.75. The van der Waals surface area contributed by atoms with Gasteiger partial charge in [-0.25, -0.2) is 4.98 Å². The number of amides is 1. The van der Waals surface area contributed by atoms with Crippen LogP contribution in [0.15, 0.2) is 24.4 Å². The molecule has 3 heterocycles. The third-order valence-corrected chi connectivity index (χ3v) is 4.42. The van der Waals surface area contributed by atoms with E-state index >= 15 is 0 Å². The van der Waals surface area contributed by atoms with E-state index in [2.05, 4.69) is 16.3 Å². The van der Waals surface area contributed by atoms with Crippen molar-refractivity contribution in [3.05, 3.63) is 35.9 Å². The van der Waals surface area contributed by atoms with Gasteiger partial charge in [0, 0.05) is 19.8 Å². The monoisotopic (exact) mass is 286 g/mol. The van der Waals surface area contributed by atoms with Crippen molar-refractivity contribution in [2.24, 2.45) is 0 Å². The fraction of sp³-hybridized carbons (Fsp3) is 0.500. The molecule has 0 N–H and O–H groups in total. The number of rotatable bonds is 3. The Morgan fingerprint density at radius 3 is 2.95 bits per heavy atom. The predicted octanol–water partition coefficient (Wildman–Crippen LogP) is 2.19. The van der Waals surface area contributed by atoms with Crippen molar-refractivity contribution in [3.63, 3.8) is 0 Å². The van der Waals surface area contributed by atoms with E-state index in [4.69, 9.17) is 4.98 Å². The summed E-state index contributed by atoms with van der Waals surface area (Å²) in [5.41, 5.74) is 1.47. The van der Waals surface area contributed by atoms with Gasteiger partial charge in [-0.2, -0.15) is 0 Å². The smallest absolute Gasteiger partial charge is 0.274 e. The summed E-state index contributed by atoms with van der Waals surface area (Å²) < 4.78 is 2.07. The lowest BCUT2D eigenvalue weighted by Crippen LogP contribution is -2.26. The summed E-state index contributed by atoms with van der Waals surface area (Å²) in [5.74, 6) is 0.978. The number of hydrogen-bond acceptors (Lipinski definition) is 3. The van der Waals surface area contributed by atoms with E-state index in [0.717, 1.165) is 24.3 Å². The lowest BCUT2D eigenvalue weighted by molar-refractivity contribution is 0.0799. The molecule has 2 aromatic rings. The molecule has 5 heteroatoms. The van der Waals surface area contributed by atoms with Gasteiger partial charge in [0.05, 0.1) is 11.6 Å². The molecule has 21 heavy (non-hydrogen) atoms. The van der Waals surface area contributed by atoms with Gasteiger partial charge in [0.1, 0.15) is 5.82 Å². The number of aromatic nitrogens is 2. The molecule has 0 spiro atoms. The zero-order chi connectivity index (χ0) is 15.0. The standard InChI is InChI=1S/C16H22N4O/c1-4-18(2)16(21)14-12-8-5-6-11-20(12)15(17-14)13-9-7-10-19(13)3/h5-6,8,11,13H,4,7,9-10H2,1-3H3. The van der Waals surface area contributed by atoms with E-state index in [1.807, 2.05) is 38.4 Å². The van der Waals surface area contributed by atoms with Gasteiger partial charge in [-0.15, -0.1) is 0 Å². The first-order valence-electron chi connectivity index (χ1n) is 7.56. The normalized spacial score (nSPS) is 19.3. The molecular formula is C16H22N4O. The van der Waals surface area contributed by atoms with Gasteiger partial charge in [0.25, 0.3) is 5.91 Å². The molecule has 1 aliphatic heterocycles. The summed E-state index contributed by atoms with van der Waals surface area (Å²) in [6.07, 6.45) is 4.29. The van der Waals surface area contributed by atoms with E-state index in [1.54, 1.807) is 4.90 Å². The maximum Gasteiger partial charge on any atom is 0.274 e. The molecule has 0 aromatic carbocycles. The molecule has 1 aliphatic rings. The Kier molecular flexibility index (Phi) is 3.68. The van der Waals surface area contributed by atoms with Crippen molar-refractivity contribution >= 4 is 11.4 Å². The van der Waals surface area contributed by atoms with Crippen LogP contribution in [-0.4, -0.2) is 52.3 Å². The van der Waals surface area contributed by atoms with Crippen molar-refractivity contribution in [1.82, 2.24) is 19.2 Å². The van der Waals surface area contributed by atoms with Crippen molar-refractivity contribution in [2.75, 3.05) is 27.2 Å². The first-order chi connectivity index (χ1) is 10.1. The number of fused-ring (bicyclic) bond motifs is 1. The molecule has 1 saturated heterocycles. The molecule has 0 saturated carbocycles. The zero-order valence-electron chi connectivity index (χ0n) is 12.9. The van der Waals surface area contributed by atoms with Crippen LogP contribution >= 0.6 is 0 Å². The average molecular weight is 286 g/mol. The third kappa shape index (κ3) is 2.31. The van der Waals surface area contributed by atoms with Gasteiger partial charge in [-0.3, -0.25) is 9.69 Å². The van der Waals surface area contributed by atoms with E-state index in [9.17, 15) is 4.79 Å². The number of likely N-dealkylation sites (tertiary alicyclic amines) is 1. The van der Waals surface area contributed by atoms with E-state index in [0.29, 0.717) is 18.3 Å². The minimum absolute atomic E-state index is 0.00639. The quantitative estimate of drug-likeness (QED) is 0.868. The van der Waals surface area contributed by atoms with Crippen LogP contribution < -0.4 is 0 Å². The second kappa shape index (κ2) is 5.48. The van der Waals surface area contributed by atoms with Crippen molar-refractivity contribution in [1.29, 1.82) is 0 Å². The number of pyridine rings is 1. The molecule has 1 amide bonds. The summed E-state index contributed by atoms with van der Waals surface area (Å²) in [7, 11) is 3.94. The lowest BCUT2D eigenvalue weighted by Gasteiger charge is -2.18. The Hall–Kier alpha value is -1.88. The van der Waals surface area contributed by atoms with E-state index in [-0.39, 0.29) is 5.91 Å². The van der Waals surface area contributed by atoms with Gasteiger partial charge in [-0.05, 0) is 45.5 Å². The molecule has 0 radical (unpaired) electrons. The van der Waals surface area contributed by atoms with Crippen LogP contribution in [-0.2, 0) is 0 Å². The maximum atomic E-state index is 12.5. The molecule has 112 valence electrons. The molecule has 1 unspecified atom stereocenters. The van der Waals surface area contributed by atoms with Crippen LogP contribution in [0.5, 0.6) is 0 Å². The van der Waals surface area contributed by atoms with Gasteiger partial charge in [0.2, 0.25) is 0 Å². The topological polar surface area (TPSA) is 40.9 Å². The molecule has 3 rings (SSSR count). The Morgan fingerprint density at radius 2 is 2.29 bits per heavy atom. The number of carbonyl (C=O) groups excluding carboxylic acids is 1. The minimum atomic E-state index is -0.00639. The summed E-state index contributed by atoms with van der Waals surface area (Å²) in [5, 5.41) is 0. The Morgan fingerprint density at radius 1 is 1.48 bits per heavy atom. The van der Waals surface area contributed by atoms with Crippen molar-refractivity contribution in [3.8, 4) is 0 Å². The summed E-state index contributed by atoms with van der Waals surface area (Å²) in [4.78, 5) is 21.3. The second-order valence-electron chi connectivity index (χ2n) is 5.73. The second-order valence-corrected chi connectivity index (χ2v) is 5.73.